The number of hydrogen-bond acceptors (Lipinski definition) is 0. The van der Waals surface area contributed by atoms with E-state index in [1.165, 1.54) is 12.1 Å². The third-order valence-corrected chi connectivity index (χ3v) is 7.37. The first-order chi connectivity index (χ1) is 20.9. The highest BCUT2D eigenvalue weighted by Crippen LogP contribution is 2.38. The summed E-state index contributed by atoms with van der Waals surface area (Å²) < 4.78 is 46.0. The van der Waals surface area contributed by atoms with Gasteiger partial charge in [0.15, 0.2) is 0 Å². The van der Waals surface area contributed by atoms with Gasteiger partial charge in [-0.2, -0.15) is 0 Å². The van der Waals surface area contributed by atoms with Gasteiger partial charge >= 0.3 is 0 Å². The zero-order chi connectivity index (χ0) is 29.4. The van der Waals surface area contributed by atoms with Crippen LogP contribution in [0.5, 0.6) is 0 Å². The molecule has 0 bridgehead atoms. The molecule has 0 radical (unpaired) electrons. The van der Waals surface area contributed by atoms with E-state index in [4.69, 9.17) is 6.85 Å². The van der Waals surface area contributed by atoms with Gasteiger partial charge in [-0.05, 0) is 71.7 Å². The summed E-state index contributed by atoms with van der Waals surface area (Å²) in [5.74, 6) is 0. The van der Waals surface area contributed by atoms with Crippen molar-refractivity contribution < 1.29 is 6.85 Å². The molecule has 0 N–H and O–H groups in total. The molecule has 8 aromatic rings. The quantitative estimate of drug-likeness (QED) is 0.234. The molecule has 0 spiro atoms. The van der Waals surface area contributed by atoms with Crippen molar-refractivity contribution in [1.82, 2.24) is 9.13 Å². The minimum Gasteiger partial charge on any atom is -0.309 e. The Morgan fingerprint density at radius 1 is 0.395 bits per heavy atom. The van der Waals surface area contributed by atoms with E-state index in [1.54, 1.807) is 6.07 Å². The van der Waals surface area contributed by atoms with Gasteiger partial charge in [-0.25, -0.2) is 0 Å². The Labute approximate surface area is 227 Å². The highest BCUT2D eigenvalue weighted by atomic mass is 15.0. The Balaban J connectivity index is 1.38. The van der Waals surface area contributed by atoms with Crippen LogP contribution in [0.25, 0.3) is 66.1 Å². The van der Waals surface area contributed by atoms with Crippen LogP contribution >= 0.6 is 0 Å². The van der Waals surface area contributed by atoms with Crippen molar-refractivity contribution in [3.05, 3.63) is 145 Å². The Kier molecular flexibility index (Phi) is 3.60. The normalized spacial score (nSPS) is 13.5. The molecule has 2 nitrogen and oxygen atoms in total. The van der Waals surface area contributed by atoms with Gasteiger partial charge < -0.3 is 9.13 Å². The number of aromatic nitrogens is 2. The van der Waals surface area contributed by atoms with E-state index in [0.29, 0.717) is 17.8 Å². The lowest BCUT2D eigenvalue weighted by Crippen LogP contribution is -1.93. The maximum absolute atomic E-state index is 8.61. The lowest BCUT2D eigenvalue weighted by molar-refractivity contribution is 1.18. The van der Waals surface area contributed by atoms with E-state index in [9.17, 15) is 0 Å². The first-order valence-electron chi connectivity index (χ1n) is 15.1. The molecule has 0 unspecified atom stereocenters. The molecule has 6 aromatic carbocycles. The van der Waals surface area contributed by atoms with E-state index in [1.807, 2.05) is 59.2 Å². The average Bonchev–Trinajstić information content (AvgIpc) is 3.48. The predicted octanol–water partition coefficient (Wildman–Crippen LogP) is 9.55. The molecule has 2 heteroatoms. The number of fused-ring (bicyclic) bond motifs is 6. The lowest BCUT2D eigenvalue weighted by atomic mass is 10.0. The molecule has 0 fully saturated rings. The first kappa shape index (κ1) is 16.6. The van der Waals surface area contributed by atoms with Crippen LogP contribution in [0.1, 0.15) is 6.85 Å². The Bertz CT molecular complexity index is 2380. The highest BCUT2D eigenvalue weighted by molar-refractivity contribution is 6.12. The van der Waals surface area contributed by atoms with Crippen molar-refractivity contribution >= 4 is 43.6 Å². The van der Waals surface area contributed by atoms with Crippen molar-refractivity contribution in [1.29, 1.82) is 0 Å². The monoisotopic (exact) mass is 489 g/mol. The highest BCUT2D eigenvalue weighted by Gasteiger charge is 2.15. The predicted molar refractivity (Wildman–Crippen MR) is 161 cm³/mol. The van der Waals surface area contributed by atoms with Gasteiger partial charge in [0, 0.05) is 32.9 Å². The molecule has 38 heavy (non-hydrogen) atoms. The van der Waals surface area contributed by atoms with Crippen LogP contribution in [-0.2, 0) is 0 Å². The molecular weight excluding hydrogens is 460 g/mol. The third kappa shape index (κ3) is 3.07. The summed E-state index contributed by atoms with van der Waals surface area (Å²) in [7, 11) is 0. The summed E-state index contributed by atoms with van der Waals surface area (Å²) in [6, 6.07) is 38.2. The number of nitrogens with zero attached hydrogens (tertiary/aromatic N) is 2. The topological polar surface area (TPSA) is 9.86 Å². The van der Waals surface area contributed by atoms with Crippen LogP contribution < -0.4 is 0 Å². The number of benzene rings is 6. The van der Waals surface area contributed by atoms with Crippen LogP contribution in [0, 0.1) is 0 Å². The number of para-hydroxylation sites is 4. The van der Waals surface area contributed by atoms with Crippen LogP contribution in [0.15, 0.2) is 145 Å². The van der Waals surface area contributed by atoms with Gasteiger partial charge in [-0.1, -0.05) is 84.9 Å². The van der Waals surface area contributed by atoms with Crippen LogP contribution in [0.2, 0.25) is 0 Å². The van der Waals surface area contributed by atoms with E-state index in [-0.39, 0.29) is 18.1 Å². The smallest absolute Gasteiger partial charge is 0.0645 e. The lowest BCUT2D eigenvalue weighted by Gasteiger charge is -2.09. The minimum absolute atomic E-state index is 0.115. The van der Waals surface area contributed by atoms with Crippen LogP contribution in [-0.4, -0.2) is 9.13 Å². The van der Waals surface area contributed by atoms with E-state index < -0.39 is 0 Å². The third-order valence-electron chi connectivity index (χ3n) is 7.37. The second-order valence-electron chi connectivity index (χ2n) is 9.45. The molecule has 0 amide bonds. The number of hydrogen-bond donors (Lipinski definition) is 0. The Morgan fingerprint density at radius 2 is 0.921 bits per heavy atom. The largest absolute Gasteiger partial charge is 0.309 e. The maximum Gasteiger partial charge on any atom is 0.0645 e. The average molecular weight is 490 g/mol. The fourth-order valence-electron chi connectivity index (χ4n) is 5.71. The van der Waals surface area contributed by atoms with Crippen molar-refractivity contribution in [2.24, 2.45) is 0 Å². The zero-order valence-electron chi connectivity index (χ0n) is 25.4. The molecule has 0 aliphatic rings. The van der Waals surface area contributed by atoms with Crippen molar-refractivity contribution in [3.63, 3.8) is 0 Å². The second-order valence-corrected chi connectivity index (χ2v) is 9.45. The van der Waals surface area contributed by atoms with E-state index in [0.717, 1.165) is 60.4 Å². The standard InChI is InChI=1S/C36H24N2/c1-3-11-27(12-4-1)37-33-17-9-7-15-29(33)31-23-25(19-21-35(31)37)26-20-22-36-32(24-26)30-16-8-10-18-34(30)38(36)28-13-5-2-6-14-28/h1-24H/i1D,7D,8D,11D,12D. The van der Waals surface area contributed by atoms with Gasteiger partial charge in [0.25, 0.3) is 0 Å². The molecule has 2 heterocycles. The van der Waals surface area contributed by atoms with Gasteiger partial charge in [0.1, 0.15) is 0 Å². The molecule has 2 aromatic heterocycles. The van der Waals surface area contributed by atoms with Crippen LogP contribution in [0.4, 0.5) is 0 Å². The molecule has 0 aliphatic heterocycles. The summed E-state index contributed by atoms with van der Waals surface area (Å²) in [5, 5.41) is 3.89. The zero-order valence-corrected chi connectivity index (χ0v) is 20.4. The Morgan fingerprint density at radius 3 is 1.50 bits per heavy atom. The summed E-state index contributed by atoms with van der Waals surface area (Å²) in [5.41, 5.74) is 7.28. The van der Waals surface area contributed by atoms with Gasteiger partial charge in [0.2, 0.25) is 0 Å². The van der Waals surface area contributed by atoms with Gasteiger partial charge in [0.05, 0.1) is 28.9 Å². The molecule has 8 rings (SSSR count). The molecule has 178 valence electrons. The maximum atomic E-state index is 8.61. The number of rotatable bonds is 3. The summed E-state index contributed by atoms with van der Waals surface area (Å²) >= 11 is 0. The first-order valence-corrected chi connectivity index (χ1v) is 12.6. The SMILES string of the molecule is [2H]c1cc([2H])c(-n2c3ccc([2H])cc3c3cc(-c4ccc5c(c4)c4cc([2H])ccc4n5-c4ccccc4)ccc32)c([2H])c1. The summed E-state index contributed by atoms with van der Waals surface area (Å²) in [4.78, 5) is 0. The van der Waals surface area contributed by atoms with Gasteiger partial charge in [-0.3, -0.25) is 0 Å². The molecule has 0 atom stereocenters. The molecule has 0 saturated carbocycles. The van der Waals surface area contributed by atoms with Crippen molar-refractivity contribution in [3.8, 4) is 22.5 Å². The van der Waals surface area contributed by atoms with Crippen molar-refractivity contribution in [2.45, 2.75) is 0 Å². The summed E-state index contributed by atoms with van der Waals surface area (Å²) in [6.07, 6.45) is 0. The fourth-order valence-corrected chi connectivity index (χ4v) is 5.71. The minimum atomic E-state index is 0.115. The summed E-state index contributed by atoms with van der Waals surface area (Å²) in [6.45, 7) is 0. The molecular formula is C36H24N2. The van der Waals surface area contributed by atoms with Crippen molar-refractivity contribution in [2.75, 3.05) is 0 Å². The molecule has 0 saturated heterocycles. The fraction of sp³-hybridized carbons (Fsp3) is 0. The molecule has 0 aliphatic carbocycles. The Hall–Kier alpha value is -5.08. The van der Waals surface area contributed by atoms with Crippen LogP contribution in [0.3, 0.4) is 0 Å². The van der Waals surface area contributed by atoms with E-state index in [2.05, 4.69) is 47.0 Å². The second kappa shape index (κ2) is 8.22. The van der Waals surface area contributed by atoms with E-state index >= 15 is 0 Å². The van der Waals surface area contributed by atoms with Gasteiger partial charge in [-0.15, -0.1) is 0 Å².